The third kappa shape index (κ3) is 4.59. The number of carboxylic acid groups (broad SMARTS) is 1. The average Bonchev–Trinajstić information content (AvgIpc) is 2.38. The van der Waals surface area contributed by atoms with Gasteiger partial charge in [0.15, 0.2) is 0 Å². The van der Waals surface area contributed by atoms with Crippen LogP contribution in [0, 0.1) is 0 Å². The molecule has 0 aromatic heterocycles. The number of anilines is 1. The van der Waals surface area contributed by atoms with Crippen molar-refractivity contribution in [1.82, 2.24) is 5.32 Å². The minimum atomic E-state index is -1.17. The highest BCUT2D eigenvalue weighted by Gasteiger charge is 2.19. The normalized spacial score (nSPS) is 11.7. The topological polar surface area (TPSA) is 98.7 Å². The molecule has 0 radical (unpaired) electrons. The zero-order chi connectivity index (χ0) is 14.3. The maximum Gasteiger partial charge on any atom is 0.326 e. The number of para-hydroxylation sites is 1. The van der Waals surface area contributed by atoms with Crippen LogP contribution >= 0.6 is 0 Å². The van der Waals surface area contributed by atoms with Gasteiger partial charge in [0.2, 0.25) is 0 Å². The fourth-order valence-electron chi connectivity index (χ4n) is 1.65. The smallest absolute Gasteiger partial charge is 0.326 e. The summed E-state index contributed by atoms with van der Waals surface area (Å²) in [7, 11) is 0. The molecule has 0 saturated heterocycles. The highest BCUT2D eigenvalue weighted by atomic mass is 16.4. The van der Waals surface area contributed by atoms with E-state index < -0.39 is 18.0 Å². The van der Waals surface area contributed by atoms with Crippen LogP contribution in [0.3, 0.4) is 0 Å². The van der Waals surface area contributed by atoms with Gasteiger partial charge in [-0.2, -0.15) is 0 Å². The maximum atomic E-state index is 11.7. The molecule has 6 heteroatoms. The molecule has 1 aromatic carbocycles. The van der Waals surface area contributed by atoms with Crippen LogP contribution in [0.2, 0.25) is 0 Å². The molecule has 0 fully saturated rings. The Hall–Kier alpha value is -2.08. The number of carboxylic acids is 1. The second-order valence-corrected chi connectivity index (χ2v) is 4.01. The van der Waals surface area contributed by atoms with E-state index in [0.717, 1.165) is 12.0 Å². The van der Waals surface area contributed by atoms with Gasteiger partial charge in [-0.15, -0.1) is 0 Å². The van der Waals surface area contributed by atoms with Crippen molar-refractivity contribution in [1.29, 1.82) is 0 Å². The number of urea groups is 1. The Morgan fingerprint density at radius 3 is 2.58 bits per heavy atom. The Bertz CT molecular complexity index is 448. The summed E-state index contributed by atoms with van der Waals surface area (Å²) in [5, 5.41) is 22.5. The van der Waals surface area contributed by atoms with E-state index in [1.807, 2.05) is 19.1 Å². The largest absolute Gasteiger partial charge is 0.480 e. The number of aliphatic carboxylic acids is 1. The van der Waals surface area contributed by atoms with Gasteiger partial charge in [-0.25, -0.2) is 9.59 Å². The predicted octanol–water partition coefficient (Wildman–Crippen LogP) is 1.21. The summed E-state index contributed by atoms with van der Waals surface area (Å²) < 4.78 is 0. The van der Waals surface area contributed by atoms with Crippen molar-refractivity contribution < 1.29 is 19.8 Å². The fraction of sp³-hybridized carbons (Fsp3) is 0.385. The van der Waals surface area contributed by atoms with Gasteiger partial charge in [0.1, 0.15) is 6.04 Å². The number of carbonyl (C=O) groups is 2. The molecule has 1 rings (SSSR count). The number of rotatable bonds is 6. The number of carbonyl (C=O) groups excluding carboxylic acids is 1. The van der Waals surface area contributed by atoms with Crippen LogP contribution in [0.25, 0.3) is 0 Å². The van der Waals surface area contributed by atoms with Gasteiger partial charge >= 0.3 is 12.0 Å². The molecular weight excluding hydrogens is 248 g/mol. The van der Waals surface area contributed by atoms with Gasteiger partial charge in [0, 0.05) is 18.7 Å². The second-order valence-electron chi connectivity index (χ2n) is 4.01. The molecule has 6 nitrogen and oxygen atoms in total. The molecule has 4 N–H and O–H groups in total. The molecule has 1 atom stereocenters. The number of aryl methyl sites for hydroxylation is 1. The lowest BCUT2D eigenvalue weighted by molar-refractivity contribution is -0.139. The highest BCUT2D eigenvalue weighted by Crippen LogP contribution is 2.15. The summed E-state index contributed by atoms with van der Waals surface area (Å²) in [6, 6.07) is 5.60. The SMILES string of the molecule is CCc1ccccc1NC(=O)NC(CCO)C(=O)O. The summed E-state index contributed by atoms with van der Waals surface area (Å²) in [4.78, 5) is 22.5. The van der Waals surface area contributed by atoms with Gasteiger partial charge < -0.3 is 20.8 Å². The zero-order valence-corrected chi connectivity index (χ0v) is 10.7. The molecule has 19 heavy (non-hydrogen) atoms. The first-order chi connectivity index (χ1) is 9.08. The number of nitrogens with one attached hydrogen (secondary N) is 2. The van der Waals surface area contributed by atoms with Crippen molar-refractivity contribution in [2.75, 3.05) is 11.9 Å². The van der Waals surface area contributed by atoms with E-state index in [1.54, 1.807) is 12.1 Å². The minimum Gasteiger partial charge on any atom is -0.480 e. The van der Waals surface area contributed by atoms with E-state index in [4.69, 9.17) is 10.2 Å². The van der Waals surface area contributed by atoms with Crippen molar-refractivity contribution >= 4 is 17.7 Å². The van der Waals surface area contributed by atoms with Crippen molar-refractivity contribution in [3.8, 4) is 0 Å². The van der Waals surface area contributed by atoms with E-state index >= 15 is 0 Å². The highest BCUT2D eigenvalue weighted by molar-refractivity contribution is 5.92. The second kappa shape index (κ2) is 7.38. The molecule has 0 aliphatic rings. The van der Waals surface area contributed by atoms with E-state index in [1.165, 1.54) is 0 Å². The predicted molar refractivity (Wildman–Crippen MR) is 71.1 cm³/mol. The number of aliphatic hydroxyl groups is 1. The lowest BCUT2D eigenvalue weighted by Gasteiger charge is -2.15. The first-order valence-electron chi connectivity index (χ1n) is 6.07. The third-order valence-electron chi connectivity index (χ3n) is 2.67. The lowest BCUT2D eigenvalue weighted by Crippen LogP contribution is -2.43. The van der Waals surface area contributed by atoms with Crippen LogP contribution in [-0.4, -0.2) is 34.9 Å². The molecule has 0 aliphatic heterocycles. The lowest BCUT2D eigenvalue weighted by atomic mass is 10.1. The van der Waals surface area contributed by atoms with Gasteiger partial charge in [0.05, 0.1) is 0 Å². The Kier molecular flexibility index (Phi) is 5.81. The molecule has 2 amide bonds. The van der Waals surface area contributed by atoms with E-state index in [-0.39, 0.29) is 13.0 Å². The summed E-state index contributed by atoms with van der Waals surface area (Å²) >= 11 is 0. The van der Waals surface area contributed by atoms with Gasteiger partial charge in [-0.1, -0.05) is 25.1 Å². The first kappa shape index (κ1) is 15.0. The fourth-order valence-corrected chi connectivity index (χ4v) is 1.65. The molecule has 1 unspecified atom stereocenters. The monoisotopic (exact) mass is 266 g/mol. The molecule has 0 heterocycles. The zero-order valence-electron chi connectivity index (χ0n) is 10.7. The molecular formula is C13H18N2O4. The minimum absolute atomic E-state index is 0.0296. The summed E-state index contributed by atoms with van der Waals surface area (Å²) in [6.45, 7) is 1.66. The van der Waals surface area contributed by atoms with Gasteiger partial charge in [-0.3, -0.25) is 0 Å². The Labute approximate surface area is 111 Å². The number of hydrogen-bond acceptors (Lipinski definition) is 3. The van der Waals surface area contributed by atoms with E-state index in [9.17, 15) is 9.59 Å². The molecule has 1 aromatic rings. The molecule has 104 valence electrons. The Balaban J connectivity index is 2.66. The van der Waals surface area contributed by atoms with E-state index in [2.05, 4.69) is 10.6 Å². The number of aliphatic hydroxyl groups excluding tert-OH is 1. The quantitative estimate of drug-likeness (QED) is 0.622. The first-order valence-corrected chi connectivity index (χ1v) is 6.07. The van der Waals surface area contributed by atoms with Crippen molar-refractivity contribution in [3.05, 3.63) is 29.8 Å². The third-order valence-corrected chi connectivity index (χ3v) is 2.67. The van der Waals surface area contributed by atoms with Gasteiger partial charge in [-0.05, 0) is 18.1 Å². The Morgan fingerprint density at radius 1 is 1.32 bits per heavy atom. The van der Waals surface area contributed by atoms with Crippen LogP contribution in [0.5, 0.6) is 0 Å². The average molecular weight is 266 g/mol. The summed E-state index contributed by atoms with van der Waals surface area (Å²) in [6.07, 6.45) is 0.730. The molecule has 0 aliphatic carbocycles. The number of hydrogen-bond donors (Lipinski definition) is 4. The number of benzene rings is 1. The van der Waals surface area contributed by atoms with Crippen LogP contribution in [-0.2, 0) is 11.2 Å². The maximum absolute atomic E-state index is 11.7. The van der Waals surface area contributed by atoms with Crippen LogP contribution in [0.15, 0.2) is 24.3 Å². The van der Waals surface area contributed by atoms with Crippen molar-refractivity contribution in [3.63, 3.8) is 0 Å². The molecule has 0 spiro atoms. The standard InChI is InChI=1S/C13H18N2O4/c1-2-9-5-3-4-6-10(9)14-13(19)15-11(7-8-16)12(17)18/h3-6,11,16H,2,7-8H2,1H3,(H,17,18)(H2,14,15,19). The van der Waals surface area contributed by atoms with Crippen molar-refractivity contribution in [2.24, 2.45) is 0 Å². The van der Waals surface area contributed by atoms with E-state index in [0.29, 0.717) is 5.69 Å². The van der Waals surface area contributed by atoms with Gasteiger partial charge in [0.25, 0.3) is 0 Å². The number of amides is 2. The summed E-state index contributed by atoms with van der Waals surface area (Å²) in [5.41, 5.74) is 1.61. The van der Waals surface area contributed by atoms with Crippen LogP contribution < -0.4 is 10.6 Å². The molecule has 0 saturated carbocycles. The van der Waals surface area contributed by atoms with Crippen molar-refractivity contribution in [2.45, 2.75) is 25.8 Å². The summed E-state index contributed by atoms with van der Waals surface area (Å²) in [5.74, 6) is -1.17. The molecule has 0 bridgehead atoms. The van der Waals surface area contributed by atoms with Crippen LogP contribution in [0.4, 0.5) is 10.5 Å². The van der Waals surface area contributed by atoms with Crippen LogP contribution in [0.1, 0.15) is 18.9 Å². The Morgan fingerprint density at radius 2 is 2.00 bits per heavy atom.